The van der Waals surface area contributed by atoms with E-state index < -0.39 is 9.84 Å². The van der Waals surface area contributed by atoms with Crippen LogP contribution in [0.4, 0.5) is 11.7 Å². The Morgan fingerprint density at radius 1 is 1.17 bits per heavy atom. The van der Waals surface area contributed by atoms with E-state index in [1.165, 1.54) is 5.56 Å². The Balaban J connectivity index is 2.01. The van der Waals surface area contributed by atoms with Crippen molar-refractivity contribution >= 4 is 32.6 Å². The predicted octanol–water partition coefficient (Wildman–Crippen LogP) is 4.24. The SMILES string of the molecule is CCc1cccc(C)c1Nc1nc2cc(S(=O)(=O)CC)ccc2o1. The molecule has 24 heavy (non-hydrogen) atoms. The van der Waals surface area contributed by atoms with E-state index in [0.29, 0.717) is 17.1 Å². The number of sulfone groups is 1. The molecule has 3 aromatic rings. The fraction of sp³-hybridized carbons (Fsp3) is 0.278. The second kappa shape index (κ2) is 6.28. The van der Waals surface area contributed by atoms with Crippen molar-refractivity contribution in [3.05, 3.63) is 47.5 Å². The molecule has 5 nitrogen and oxygen atoms in total. The van der Waals surface area contributed by atoms with Crippen molar-refractivity contribution in [2.75, 3.05) is 11.1 Å². The molecule has 0 aliphatic rings. The molecule has 6 heteroatoms. The number of nitrogens with zero attached hydrogens (tertiary/aromatic N) is 1. The minimum atomic E-state index is -3.26. The van der Waals surface area contributed by atoms with Gasteiger partial charge < -0.3 is 9.73 Å². The number of para-hydroxylation sites is 1. The number of oxazole rings is 1. The minimum absolute atomic E-state index is 0.0601. The van der Waals surface area contributed by atoms with Crippen LogP contribution < -0.4 is 5.32 Å². The van der Waals surface area contributed by atoms with Crippen LogP contribution in [-0.4, -0.2) is 19.2 Å². The molecule has 0 saturated carbocycles. The predicted molar refractivity (Wildman–Crippen MR) is 95.6 cm³/mol. The molecule has 3 rings (SSSR count). The molecule has 1 aromatic heterocycles. The number of rotatable bonds is 5. The molecule has 0 amide bonds. The summed E-state index contributed by atoms with van der Waals surface area (Å²) in [6.45, 7) is 5.74. The lowest BCUT2D eigenvalue weighted by Gasteiger charge is -2.10. The minimum Gasteiger partial charge on any atom is -0.423 e. The molecule has 1 N–H and O–H groups in total. The summed E-state index contributed by atoms with van der Waals surface area (Å²) in [4.78, 5) is 4.66. The molecular weight excluding hydrogens is 324 g/mol. The van der Waals surface area contributed by atoms with E-state index in [2.05, 4.69) is 23.3 Å². The average Bonchev–Trinajstić information content (AvgIpc) is 2.98. The largest absolute Gasteiger partial charge is 0.423 e. The number of hydrogen-bond acceptors (Lipinski definition) is 5. The Labute approximate surface area is 141 Å². The topological polar surface area (TPSA) is 72.2 Å². The van der Waals surface area contributed by atoms with Crippen LogP contribution in [0.2, 0.25) is 0 Å². The highest BCUT2D eigenvalue weighted by Crippen LogP contribution is 2.28. The molecular formula is C18H20N2O3S. The molecule has 1 heterocycles. The van der Waals surface area contributed by atoms with Crippen molar-refractivity contribution in [1.82, 2.24) is 4.98 Å². The zero-order valence-corrected chi connectivity index (χ0v) is 14.8. The summed E-state index contributed by atoms with van der Waals surface area (Å²) in [7, 11) is -3.26. The van der Waals surface area contributed by atoms with E-state index in [-0.39, 0.29) is 10.6 Å². The van der Waals surface area contributed by atoms with Crippen molar-refractivity contribution in [1.29, 1.82) is 0 Å². The van der Waals surface area contributed by atoms with Gasteiger partial charge in [-0.15, -0.1) is 0 Å². The van der Waals surface area contributed by atoms with Crippen LogP contribution in [0.25, 0.3) is 11.1 Å². The lowest BCUT2D eigenvalue weighted by molar-refractivity contribution is 0.597. The normalized spacial score (nSPS) is 11.8. The van der Waals surface area contributed by atoms with E-state index in [1.54, 1.807) is 25.1 Å². The number of aryl methyl sites for hydroxylation is 2. The summed E-state index contributed by atoms with van der Waals surface area (Å²) in [6, 6.07) is 11.2. The van der Waals surface area contributed by atoms with Gasteiger partial charge in [-0.3, -0.25) is 0 Å². The molecule has 0 bridgehead atoms. The molecule has 0 aliphatic heterocycles. The third-order valence-corrected chi connectivity index (χ3v) is 5.80. The second-order valence-corrected chi connectivity index (χ2v) is 7.92. The van der Waals surface area contributed by atoms with E-state index >= 15 is 0 Å². The van der Waals surface area contributed by atoms with Gasteiger partial charge in [0.2, 0.25) is 0 Å². The van der Waals surface area contributed by atoms with E-state index in [9.17, 15) is 8.42 Å². The van der Waals surface area contributed by atoms with Gasteiger partial charge in [0.25, 0.3) is 6.01 Å². The smallest absolute Gasteiger partial charge is 0.300 e. The first-order chi connectivity index (χ1) is 11.4. The summed E-state index contributed by atoms with van der Waals surface area (Å²) in [5.41, 5.74) is 4.34. The van der Waals surface area contributed by atoms with Crippen LogP contribution >= 0.6 is 0 Å². The van der Waals surface area contributed by atoms with Crippen molar-refractivity contribution in [3.8, 4) is 0 Å². The summed E-state index contributed by atoms with van der Waals surface area (Å²) in [5.74, 6) is 0.0601. The Kier molecular flexibility index (Phi) is 4.32. The Hall–Kier alpha value is -2.34. The molecule has 0 fully saturated rings. The highest BCUT2D eigenvalue weighted by molar-refractivity contribution is 7.91. The second-order valence-electron chi connectivity index (χ2n) is 5.64. The molecule has 2 aromatic carbocycles. The van der Waals surface area contributed by atoms with Gasteiger partial charge in [-0.25, -0.2) is 8.42 Å². The first kappa shape index (κ1) is 16.5. The number of aromatic nitrogens is 1. The van der Waals surface area contributed by atoms with Crippen LogP contribution in [0.3, 0.4) is 0 Å². The Bertz CT molecular complexity index is 991. The zero-order valence-electron chi connectivity index (χ0n) is 14.0. The molecule has 0 unspecified atom stereocenters. The molecule has 0 aliphatic carbocycles. The van der Waals surface area contributed by atoms with Crippen molar-refractivity contribution in [2.24, 2.45) is 0 Å². The lowest BCUT2D eigenvalue weighted by Crippen LogP contribution is -2.03. The summed E-state index contributed by atoms with van der Waals surface area (Å²) in [5, 5.41) is 3.23. The van der Waals surface area contributed by atoms with Gasteiger partial charge in [-0.1, -0.05) is 32.0 Å². The quantitative estimate of drug-likeness (QED) is 0.749. The number of anilines is 2. The average molecular weight is 344 g/mol. The van der Waals surface area contributed by atoms with Gasteiger partial charge >= 0.3 is 0 Å². The monoisotopic (exact) mass is 344 g/mol. The third-order valence-electron chi connectivity index (χ3n) is 4.07. The number of fused-ring (bicyclic) bond motifs is 1. The van der Waals surface area contributed by atoms with Gasteiger partial charge in [0.1, 0.15) is 5.52 Å². The molecule has 0 atom stereocenters. The van der Waals surface area contributed by atoms with Crippen molar-refractivity contribution in [3.63, 3.8) is 0 Å². The number of benzene rings is 2. The molecule has 0 spiro atoms. The van der Waals surface area contributed by atoms with E-state index in [0.717, 1.165) is 17.7 Å². The van der Waals surface area contributed by atoms with Gasteiger partial charge in [0.15, 0.2) is 15.4 Å². The Morgan fingerprint density at radius 2 is 1.96 bits per heavy atom. The maximum Gasteiger partial charge on any atom is 0.300 e. The van der Waals surface area contributed by atoms with Gasteiger partial charge in [-0.2, -0.15) is 4.98 Å². The van der Waals surface area contributed by atoms with Crippen molar-refractivity contribution in [2.45, 2.75) is 32.1 Å². The van der Waals surface area contributed by atoms with E-state index in [1.807, 2.05) is 19.1 Å². The first-order valence-electron chi connectivity index (χ1n) is 7.93. The standard InChI is InChI=1S/C18H20N2O3S/c1-4-13-8-6-7-12(3)17(13)20-18-19-15-11-14(24(21,22)5-2)9-10-16(15)23-18/h6-11H,4-5H2,1-3H3,(H,19,20). The number of hydrogen-bond donors (Lipinski definition) is 1. The zero-order chi connectivity index (χ0) is 17.3. The lowest BCUT2D eigenvalue weighted by atomic mass is 10.1. The highest BCUT2D eigenvalue weighted by atomic mass is 32.2. The fourth-order valence-corrected chi connectivity index (χ4v) is 3.53. The van der Waals surface area contributed by atoms with Crippen LogP contribution in [0.15, 0.2) is 45.7 Å². The number of nitrogens with one attached hydrogen (secondary N) is 1. The third kappa shape index (κ3) is 3.01. The molecule has 126 valence electrons. The van der Waals surface area contributed by atoms with Gasteiger partial charge in [-0.05, 0) is 42.7 Å². The highest BCUT2D eigenvalue weighted by Gasteiger charge is 2.15. The van der Waals surface area contributed by atoms with Crippen LogP contribution in [0.1, 0.15) is 25.0 Å². The van der Waals surface area contributed by atoms with Crippen LogP contribution in [0, 0.1) is 6.92 Å². The fourth-order valence-electron chi connectivity index (χ4n) is 2.63. The van der Waals surface area contributed by atoms with Crippen LogP contribution in [0.5, 0.6) is 0 Å². The maximum absolute atomic E-state index is 12.0. The summed E-state index contributed by atoms with van der Waals surface area (Å²) in [6.07, 6.45) is 0.892. The van der Waals surface area contributed by atoms with Gasteiger partial charge in [0.05, 0.1) is 10.6 Å². The van der Waals surface area contributed by atoms with Crippen LogP contribution in [-0.2, 0) is 16.3 Å². The summed E-state index contributed by atoms with van der Waals surface area (Å²) < 4.78 is 29.7. The molecule has 0 saturated heterocycles. The summed E-state index contributed by atoms with van der Waals surface area (Å²) >= 11 is 0. The maximum atomic E-state index is 12.0. The van der Waals surface area contributed by atoms with E-state index in [4.69, 9.17) is 4.42 Å². The molecule has 0 radical (unpaired) electrons. The van der Waals surface area contributed by atoms with Crippen molar-refractivity contribution < 1.29 is 12.8 Å². The first-order valence-corrected chi connectivity index (χ1v) is 9.58. The Morgan fingerprint density at radius 3 is 2.67 bits per heavy atom. The van der Waals surface area contributed by atoms with Gasteiger partial charge in [0, 0.05) is 5.69 Å².